The Labute approximate surface area is 124 Å². The summed E-state index contributed by atoms with van der Waals surface area (Å²) in [5.74, 6) is 0.784. The molecule has 6 heteroatoms. The molecule has 0 radical (unpaired) electrons. The largest absolute Gasteiger partial charge is 0.496 e. The van der Waals surface area contributed by atoms with Crippen LogP contribution in [0.3, 0.4) is 0 Å². The van der Waals surface area contributed by atoms with Gasteiger partial charge in [0.15, 0.2) is 0 Å². The van der Waals surface area contributed by atoms with Crippen molar-refractivity contribution in [2.45, 2.75) is 25.9 Å². The van der Waals surface area contributed by atoms with E-state index < -0.39 is 6.10 Å². The Morgan fingerprint density at radius 2 is 2.26 bits per heavy atom. The highest BCUT2D eigenvalue weighted by molar-refractivity contribution is 9.10. The fourth-order valence-corrected chi connectivity index (χ4v) is 3.18. The molecule has 1 N–H and O–H groups in total. The first-order chi connectivity index (χ1) is 9.15. The molecule has 0 saturated carbocycles. The zero-order valence-electron chi connectivity index (χ0n) is 10.8. The van der Waals surface area contributed by atoms with Gasteiger partial charge in [0.2, 0.25) is 0 Å². The molecule has 0 spiro atoms. The summed E-state index contributed by atoms with van der Waals surface area (Å²) in [6.07, 6.45) is 0.768. The standard InChI is InChI=1S/C13H15BrN2O2S/c1-3-10-13(19-16-15-10)11(17)7-8-4-5-12(18-2)9(14)6-8/h4-6,11,17H,3,7H2,1-2H3. The molecule has 0 aliphatic carbocycles. The van der Waals surface area contributed by atoms with Crippen LogP contribution in [0.4, 0.5) is 0 Å². The van der Waals surface area contributed by atoms with Crippen LogP contribution >= 0.6 is 27.5 Å². The zero-order chi connectivity index (χ0) is 13.8. The van der Waals surface area contributed by atoms with Crippen LogP contribution in [0.2, 0.25) is 0 Å². The monoisotopic (exact) mass is 342 g/mol. The van der Waals surface area contributed by atoms with Gasteiger partial charge in [0.25, 0.3) is 0 Å². The number of rotatable bonds is 5. The van der Waals surface area contributed by atoms with Crippen LogP contribution in [-0.4, -0.2) is 21.8 Å². The van der Waals surface area contributed by atoms with Gasteiger partial charge in [-0.2, -0.15) is 0 Å². The first kappa shape index (κ1) is 14.4. The number of aliphatic hydroxyl groups excluding tert-OH is 1. The molecule has 0 saturated heterocycles. The number of halogens is 1. The minimum atomic E-state index is -0.560. The highest BCUT2D eigenvalue weighted by Gasteiger charge is 2.16. The summed E-state index contributed by atoms with van der Waals surface area (Å²) in [6.45, 7) is 2.01. The molecule has 1 unspecified atom stereocenters. The van der Waals surface area contributed by atoms with Crippen molar-refractivity contribution in [2.75, 3.05) is 7.11 Å². The van der Waals surface area contributed by atoms with E-state index in [1.165, 1.54) is 11.5 Å². The quantitative estimate of drug-likeness (QED) is 0.906. The van der Waals surface area contributed by atoms with Crippen LogP contribution in [0.1, 0.15) is 29.2 Å². The SMILES string of the molecule is CCc1nnsc1C(O)Cc1ccc(OC)c(Br)c1. The minimum absolute atomic E-state index is 0.541. The van der Waals surface area contributed by atoms with Crippen molar-refractivity contribution in [3.63, 3.8) is 0 Å². The number of aromatic nitrogens is 2. The van der Waals surface area contributed by atoms with Gasteiger partial charge >= 0.3 is 0 Å². The fourth-order valence-electron chi connectivity index (χ4n) is 1.87. The Kier molecular flexibility index (Phi) is 4.90. The number of benzene rings is 1. The second-order valence-corrected chi connectivity index (χ2v) is 5.77. The molecule has 0 aliphatic rings. The lowest BCUT2D eigenvalue weighted by Crippen LogP contribution is -2.03. The third kappa shape index (κ3) is 3.32. The van der Waals surface area contributed by atoms with Gasteiger partial charge < -0.3 is 9.84 Å². The average molecular weight is 343 g/mol. The van der Waals surface area contributed by atoms with E-state index in [-0.39, 0.29) is 0 Å². The molecule has 2 aromatic rings. The smallest absolute Gasteiger partial charge is 0.133 e. The molecular formula is C13H15BrN2O2S. The van der Waals surface area contributed by atoms with Crippen LogP contribution in [0.25, 0.3) is 0 Å². The fraction of sp³-hybridized carbons (Fsp3) is 0.385. The van der Waals surface area contributed by atoms with Crippen molar-refractivity contribution >= 4 is 27.5 Å². The molecule has 0 fully saturated rings. The normalized spacial score (nSPS) is 12.4. The molecule has 0 amide bonds. The predicted molar refractivity (Wildman–Crippen MR) is 78.6 cm³/mol. The second-order valence-electron chi connectivity index (χ2n) is 4.13. The summed E-state index contributed by atoms with van der Waals surface area (Å²) in [5, 5.41) is 14.3. The van der Waals surface area contributed by atoms with Gasteiger partial charge in [0.05, 0.1) is 28.3 Å². The molecule has 4 nitrogen and oxygen atoms in total. The Bertz CT molecular complexity index is 559. The number of aryl methyl sites for hydroxylation is 1. The average Bonchev–Trinajstić information content (AvgIpc) is 2.87. The van der Waals surface area contributed by atoms with E-state index in [9.17, 15) is 5.11 Å². The Hall–Kier alpha value is -0.980. The molecular weight excluding hydrogens is 328 g/mol. The summed E-state index contributed by atoms with van der Waals surface area (Å²) in [6, 6.07) is 5.80. The van der Waals surface area contributed by atoms with Crippen molar-refractivity contribution in [3.05, 3.63) is 38.8 Å². The molecule has 1 atom stereocenters. The van der Waals surface area contributed by atoms with E-state index in [2.05, 4.69) is 25.5 Å². The third-order valence-corrected chi connectivity index (χ3v) is 4.36. The molecule has 1 heterocycles. The van der Waals surface area contributed by atoms with Crippen molar-refractivity contribution in [1.29, 1.82) is 0 Å². The second kappa shape index (κ2) is 6.45. The Morgan fingerprint density at radius 1 is 1.47 bits per heavy atom. The number of ether oxygens (including phenoxy) is 1. The molecule has 2 rings (SSSR count). The molecule has 1 aromatic carbocycles. The minimum Gasteiger partial charge on any atom is -0.496 e. The van der Waals surface area contributed by atoms with E-state index in [4.69, 9.17) is 4.74 Å². The van der Waals surface area contributed by atoms with Crippen LogP contribution in [0.15, 0.2) is 22.7 Å². The number of hydrogen-bond acceptors (Lipinski definition) is 5. The van der Waals surface area contributed by atoms with Gasteiger partial charge in [-0.3, -0.25) is 0 Å². The van der Waals surface area contributed by atoms with E-state index in [1.807, 2.05) is 25.1 Å². The van der Waals surface area contributed by atoms with Gasteiger partial charge in [0, 0.05) is 6.42 Å². The lowest BCUT2D eigenvalue weighted by Gasteiger charge is -2.11. The van der Waals surface area contributed by atoms with Crippen molar-refractivity contribution in [1.82, 2.24) is 9.59 Å². The number of methoxy groups -OCH3 is 1. The first-order valence-electron chi connectivity index (χ1n) is 5.97. The van der Waals surface area contributed by atoms with Gasteiger partial charge in [0.1, 0.15) is 5.75 Å². The lowest BCUT2D eigenvalue weighted by molar-refractivity contribution is 0.181. The Balaban J connectivity index is 2.15. The zero-order valence-corrected chi connectivity index (χ0v) is 13.2. The van der Waals surface area contributed by atoms with Crippen LogP contribution in [-0.2, 0) is 12.8 Å². The van der Waals surface area contributed by atoms with Crippen LogP contribution in [0, 0.1) is 0 Å². The van der Waals surface area contributed by atoms with Crippen LogP contribution < -0.4 is 4.74 Å². The molecule has 0 aliphatic heterocycles. The number of nitrogens with zero attached hydrogens (tertiary/aromatic N) is 2. The van der Waals surface area contributed by atoms with Crippen molar-refractivity contribution in [2.24, 2.45) is 0 Å². The maximum atomic E-state index is 10.3. The van der Waals surface area contributed by atoms with Gasteiger partial charge in [-0.1, -0.05) is 17.5 Å². The first-order valence-corrected chi connectivity index (χ1v) is 7.54. The van der Waals surface area contributed by atoms with Crippen molar-refractivity contribution in [3.8, 4) is 5.75 Å². The molecule has 0 bridgehead atoms. The van der Waals surface area contributed by atoms with Gasteiger partial charge in [-0.25, -0.2) is 0 Å². The van der Waals surface area contributed by atoms with Crippen LogP contribution in [0.5, 0.6) is 5.75 Å². The maximum absolute atomic E-state index is 10.3. The summed E-state index contributed by atoms with van der Waals surface area (Å²) >= 11 is 4.71. The van der Waals surface area contributed by atoms with Crippen molar-refractivity contribution < 1.29 is 9.84 Å². The predicted octanol–water partition coefficient (Wildman–Crippen LogP) is 3.15. The third-order valence-electron chi connectivity index (χ3n) is 2.87. The number of aliphatic hydroxyl groups is 1. The van der Waals surface area contributed by atoms with E-state index in [1.54, 1.807) is 7.11 Å². The van der Waals surface area contributed by atoms with Gasteiger partial charge in [-0.15, -0.1) is 5.10 Å². The molecule has 102 valence electrons. The summed E-state index contributed by atoms with van der Waals surface area (Å²) < 4.78 is 9.98. The molecule has 1 aromatic heterocycles. The Morgan fingerprint density at radius 3 is 2.89 bits per heavy atom. The topological polar surface area (TPSA) is 55.2 Å². The maximum Gasteiger partial charge on any atom is 0.133 e. The summed E-state index contributed by atoms with van der Waals surface area (Å²) in [4.78, 5) is 0.856. The summed E-state index contributed by atoms with van der Waals surface area (Å²) in [7, 11) is 1.63. The highest BCUT2D eigenvalue weighted by Crippen LogP contribution is 2.29. The van der Waals surface area contributed by atoms with E-state index >= 15 is 0 Å². The van der Waals surface area contributed by atoms with E-state index in [0.29, 0.717) is 6.42 Å². The van der Waals surface area contributed by atoms with Gasteiger partial charge in [-0.05, 0) is 51.6 Å². The van der Waals surface area contributed by atoms with E-state index in [0.717, 1.165) is 32.8 Å². The molecule has 19 heavy (non-hydrogen) atoms. The lowest BCUT2D eigenvalue weighted by atomic mass is 10.1. The highest BCUT2D eigenvalue weighted by atomic mass is 79.9. The number of hydrogen-bond donors (Lipinski definition) is 1. The summed E-state index contributed by atoms with van der Waals surface area (Å²) in [5.41, 5.74) is 1.92.